The van der Waals surface area contributed by atoms with E-state index >= 15 is 0 Å². The Morgan fingerprint density at radius 3 is 2.73 bits per heavy atom. The van der Waals surface area contributed by atoms with Gasteiger partial charge in [-0.3, -0.25) is 9.69 Å². The maximum absolute atomic E-state index is 13.4. The smallest absolute Gasteiger partial charge is 0.320 e. The standard InChI is InChI=1S/C20H21ClFNO3/c1-2-26-18-10-7-14(21)12-16(18)19(13-5-8-15(22)9-6-13)23-11-3-4-17(23)20(24)25/h5-10,12,17,19H,2-4,11H2,1H3,(H,24,25). The molecule has 26 heavy (non-hydrogen) atoms. The third kappa shape index (κ3) is 3.84. The van der Waals surface area contributed by atoms with Gasteiger partial charge in [-0.1, -0.05) is 23.7 Å². The molecule has 0 aromatic heterocycles. The molecule has 0 bridgehead atoms. The van der Waals surface area contributed by atoms with Crippen LogP contribution in [0.2, 0.25) is 5.02 Å². The zero-order valence-corrected chi connectivity index (χ0v) is 15.2. The summed E-state index contributed by atoms with van der Waals surface area (Å²) >= 11 is 6.23. The van der Waals surface area contributed by atoms with Crippen LogP contribution in [0.25, 0.3) is 0 Å². The van der Waals surface area contributed by atoms with Crippen LogP contribution in [0.4, 0.5) is 4.39 Å². The number of likely N-dealkylation sites (tertiary alicyclic amines) is 1. The molecule has 6 heteroatoms. The van der Waals surface area contributed by atoms with E-state index < -0.39 is 12.0 Å². The molecule has 2 atom stereocenters. The average Bonchev–Trinajstić information content (AvgIpc) is 3.09. The molecule has 4 nitrogen and oxygen atoms in total. The van der Waals surface area contributed by atoms with Crippen LogP contribution >= 0.6 is 11.6 Å². The third-order valence-electron chi connectivity index (χ3n) is 4.66. The van der Waals surface area contributed by atoms with E-state index in [1.807, 2.05) is 11.8 Å². The Kier molecular flexibility index (Phi) is 5.79. The number of benzene rings is 2. The van der Waals surface area contributed by atoms with E-state index in [0.29, 0.717) is 30.3 Å². The van der Waals surface area contributed by atoms with Crippen LogP contribution in [0.3, 0.4) is 0 Å². The van der Waals surface area contributed by atoms with E-state index in [2.05, 4.69) is 0 Å². The molecule has 0 saturated carbocycles. The Morgan fingerprint density at radius 1 is 1.35 bits per heavy atom. The number of aliphatic carboxylic acids is 1. The fraction of sp³-hybridized carbons (Fsp3) is 0.350. The van der Waals surface area contributed by atoms with Crippen molar-refractivity contribution in [2.75, 3.05) is 13.2 Å². The molecule has 3 rings (SSSR count). The summed E-state index contributed by atoms with van der Waals surface area (Å²) in [6.07, 6.45) is 1.37. The predicted molar refractivity (Wildman–Crippen MR) is 98.2 cm³/mol. The summed E-state index contributed by atoms with van der Waals surface area (Å²) in [6.45, 7) is 3.01. The maximum atomic E-state index is 13.4. The van der Waals surface area contributed by atoms with Gasteiger partial charge in [0.25, 0.3) is 0 Å². The number of carboxylic acid groups (broad SMARTS) is 1. The summed E-state index contributed by atoms with van der Waals surface area (Å²) in [6, 6.07) is 10.5. The fourth-order valence-corrected chi connectivity index (χ4v) is 3.76. The molecular formula is C20H21ClFNO3. The molecule has 1 aliphatic rings. The number of nitrogens with zero attached hydrogens (tertiary/aromatic N) is 1. The summed E-state index contributed by atoms with van der Waals surface area (Å²) in [5, 5.41) is 10.2. The lowest BCUT2D eigenvalue weighted by atomic mass is 9.95. The number of carbonyl (C=O) groups is 1. The lowest BCUT2D eigenvalue weighted by molar-refractivity contribution is -0.142. The molecule has 2 aromatic rings. The van der Waals surface area contributed by atoms with Crippen molar-refractivity contribution >= 4 is 17.6 Å². The van der Waals surface area contributed by atoms with Crippen molar-refractivity contribution in [2.45, 2.75) is 31.8 Å². The van der Waals surface area contributed by atoms with Crippen molar-refractivity contribution in [3.8, 4) is 5.75 Å². The first-order chi connectivity index (χ1) is 12.5. The Morgan fingerprint density at radius 2 is 2.08 bits per heavy atom. The largest absolute Gasteiger partial charge is 0.494 e. The van der Waals surface area contributed by atoms with Gasteiger partial charge >= 0.3 is 5.97 Å². The Balaban J connectivity index is 2.13. The van der Waals surface area contributed by atoms with E-state index in [-0.39, 0.29) is 11.9 Å². The normalized spacial score (nSPS) is 18.7. The SMILES string of the molecule is CCOc1ccc(Cl)cc1C(c1ccc(F)cc1)N1CCCC1C(=O)O. The van der Waals surface area contributed by atoms with Gasteiger partial charge in [-0.15, -0.1) is 0 Å². The highest BCUT2D eigenvalue weighted by atomic mass is 35.5. The molecule has 0 aliphatic carbocycles. The van der Waals surface area contributed by atoms with Gasteiger partial charge < -0.3 is 9.84 Å². The summed E-state index contributed by atoms with van der Waals surface area (Å²) in [7, 11) is 0. The van der Waals surface area contributed by atoms with Gasteiger partial charge in [0, 0.05) is 17.1 Å². The van der Waals surface area contributed by atoms with Crippen molar-refractivity contribution in [3.05, 3.63) is 64.4 Å². The minimum absolute atomic E-state index is 0.333. The zero-order valence-electron chi connectivity index (χ0n) is 14.5. The van der Waals surface area contributed by atoms with Gasteiger partial charge in [-0.05, 0) is 55.7 Å². The number of carboxylic acids is 1. The van der Waals surface area contributed by atoms with Crippen molar-refractivity contribution < 1.29 is 19.0 Å². The van der Waals surface area contributed by atoms with Gasteiger partial charge in [-0.2, -0.15) is 0 Å². The van der Waals surface area contributed by atoms with Crippen molar-refractivity contribution in [1.29, 1.82) is 0 Å². The second kappa shape index (κ2) is 8.06. The quantitative estimate of drug-likeness (QED) is 0.804. The van der Waals surface area contributed by atoms with Crippen LogP contribution in [-0.2, 0) is 4.79 Å². The Labute approximate surface area is 157 Å². The van der Waals surface area contributed by atoms with Crippen LogP contribution < -0.4 is 4.74 Å². The molecule has 0 amide bonds. The zero-order chi connectivity index (χ0) is 18.7. The lowest BCUT2D eigenvalue weighted by Crippen LogP contribution is -2.39. The van der Waals surface area contributed by atoms with Gasteiger partial charge in [0.1, 0.15) is 17.6 Å². The highest BCUT2D eigenvalue weighted by molar-refractivity contribution is 6.30. The molecular weight excluding hydrogens is 357 g/mol. The number of hydrogen-bond donors (Lipinski definition) is 1. The fourth-order valence-electron chi connectivity index (χ4n) is 3.58. The van der Waals surface area contributed by atoms with E-state index in [1.54, 1.807) is 30.3 Å². The van der Waals surface area contributed by atoms with Crippen LogP contribution in [0.15, 0.2) is 42.5 Å². The van der Waals surface area contributed by atoms with E-state index in [9.17, 15) is 14.3 Å². The third-order valence-corrected chi connectivity index (χ3v) is 4.90. The first kappa shape index (κ1) is 18.7. The maximum Gasteiger partial charge on any atom is 0.320 e. The summed E-state index contributed by atoms with van der Waals surface area (Å²) < 4.78 is 19.2. The molecule has 0 spiro atoms. The second-order valence-electron chi connectivity index (χ2n) is 6.30. The topological polar surface area (TPSA) is 49.8 Å². The molecule has 1 saturated heterocycles. The Bertz CT molecular complexity index is 781. The van der Waals surface area contributed by atoms with Crippen molar-refractivity contribution in [2.24, 2.45) is 0 Å². The molecule has 138 valence electrons. The monoisotopic (exact) mass is 377 g/mol. The first-order valence-electron chi connectivity index (χ1n) is 8.67. The van der Waals surface area contributed by atoms with Crippen LogP contribution in [0.5, 0.6) is 5.75 Å². The minimum atomic E-state index is -0.852. The lowest BCUT2D eigenvalue weighted by Gasteiger charge is -2.33. The highest BCUT2D eigenvalue weighted by Gasteiger charge is 2.38. The van der Waals surface area contributed by atoms with Crippen LogP contribution in [-0.4, -0.2) is 35.2 Å². The van der Waals surface area contributed by atoms with Crippen LogP contribution in [0.1, 0.15) is 36.9 Å². The molecule has 0 radical (unpaired) electrons. The molecule has 2 aromatic carbocycles. The van der Waals surface area contributed by atoms with E-state index in [4.69, 9.17) is 16.3 Å². The summed E-state index contributed by atoms with van der Waals surface area (Å²) in [5.41, 5.74) is 1.60. The second-order valence-corrected chi connectivity index (χ2v) is 6.74. The number of hydrogen-bond acceptors (Lipinski definition) is 3. The molecule has 2 unspecified atom stereocenters. The number of rotatable bonds is 6. The molecule has 1 aliphatic heterocycles. The first-order valence-corrected chi connectivity index (χ1v) is 9.05. The summed E-state index contributed by atoms with van der Waals surface area (Å²) in [4.78, 5) is 13.7. The van der Waals surface area contributed by atoms with Crippen molar-refractivity contribution in [1.82, 2.24) is 4.90 Å². The minimum Gasteiger partial charge on any atom is -0.494 e. The van der Waals surface area contributed by atoms with Gasteiger partial charge in [0.2, 0.25) is 0 Å². The van der Waals surface area contributed by atoms with E-state index in [0.717, 1.165) is 17.5 Å². The summed E-state index contributed by atoms with van der Waals surface area (Å²) in [5.74, 6) is -0.531. The molecule has 1 heterocycles. The van der Waals surface area contributed by atoms with Crippen molar-refractivity contribution in [3.63, 3.8) is 0 Å². The van der Waals surface area contributed by atoms with Crippen LogP contribution in [0, 0.1) is 5.82 Å². The highest BCUT2D eigenvalue weighted by Crippen LogP contribution is 2.40. The number of ether oxygens (including phenoxy) is 1. The van der Waals surface area contributed by atoms with Gasteiger partial charge in [-0.25, -0.2) is 4.39 Å². The average molecular weight is 378 g/mol. The predicted octanol–water partition coefficient (Wildman–Crippen LogP) is 4.52. The van der Waals surface area contributed by atoms with Gasteiger partial charge in [0.05, 0.1) is 12.6 Å². The van der Waals surface area contributed by atoms with Gasteiger partial charge in [0.15, 0.2) is 0 Å². The molecule has 1 fully saturated rings. The number of halogens is 2. The van der Waals surface area contributed by atoms with E-state index in [1.165, 1.54) is 12.1 Å². The Hall–Kier alpha value is -2.11. The molecule has 1 N–H and O–H groups in total.